The molecule has 1 aliphatic rings. The van der Waals surface area contributed by atoms with Crippen molar-refractivity contribution in [3.8, 4) is 11.5 Å². The quantitative estimate of drug-likeness (QED) is 0.549. The van der Waals surface area contributed by atoms with Gasteiger partial charge in [0.05, 0.1) is 17.5 Å². The molecule has 4 heteroatoms. The van der Waals surface area contributed by atoms with Crippen molar-refractivity contribution >= 4 is 17.1 Å². The van der Waals surface area contributed by atoms with Crippen LogP contribution in [0, 0.1) is 0 Å². The van der Waals surface area contributed by atoms with E-state index in [4.69, 9.17) is 10.5 Å². The van der Waals surface area contributed by atoms with Crippen LogP contribution in [-0.2, 0) is 0 Å². The Morgan fingerprint density at radius 2 is 1.38 bits per heavy atom. The fourth-order valence-corrected chi connectivity index (χ4v) is 2.98. The molecule has 120 valence electrons. The fraction of sp³-hybridized carbons (Fsp3) is 0.100. The predicted molar refractivity (Wildman–Crippen MR) is 97.2 cm³/mol. The molecule has 0 radical (unpaired) electrons. The molecule has 3 aromatic carbocycles. The van der Waals surface area contributed by atoms with Gasteiger partial charge >= 0.3 is 0 Å². The minimum absolute atomic E-state index is 0.164. The van der Waals surface area contributed by atoms with Gasteiger partial charge in [0.15, 0.2) is 11.5 Å². The zero-order chi connectivity index (χ0) is 16.5. The van der Waals surface area contributed by atoms with E-state index >= 15 is 0 Å². The zero-order valence-corrected chi connectivity index (χ0v) is 13.4. The first kappa shape index (κ1) is 14.8. The third-order valence-electron chi connectivity index (χ3n) is 4.25. The molecule has 4 rings (SSSR count). The summed E-state index contributed by atoms with van der Waals surface area (Å²) < 4.78 is 6.04. The van der Waals surface area contributed by atoms with Gasteiger partial charge in [-0.15, -0.1) is 0 Å². The molecule has 0 saturated carbocycles. The van der Waals surface area contributed by atoms with Crippen LogP contribution in [0.25, 0.3) is 0 Å². The van der Waals surface area contributed by atoms with Crippen LogP contribution < -0.4 is 20.7 Å². The lowest BCUT2D eigenvalue weighted by Crippen LogP contribution is -2.24. The smallest absolute Gasteiger partial charge is 0.151 e. The molecule has 0 fully saturated rings. The molecule has 1 atom stereocenters. The lowest BCUT2D eigenvalue weighted by molar-refractivity contribution is 0.477. The Kier molecular flexibility index (Phi) is 3.69. The van der Waals surface area contributed by atoms with Crippen LogP contribution in [0.5, 0.6) is 11.5 Å². The zero-order valence-electron chi connectivity index (χ0n) is 13.4. The number of nitrogens with zero attached hydrogens (tertiary/aromatic N) is 1. The highest BCUT2D eigenvalue weighted by atomic mass is 16.5. The molecular formula is C20H19N3O. The van der Waals surface area contributed by atoms with E-state index in [-0.39, 0.29) is 6.17 Å². The monoisotopic (exact) mass is 317 g/mol. The minimum Gasteiger partial charge on any atom is -0.453 e. The molecule has 1 unspecified atom stereocenters. The lowest BCUT2D eigenvalue weighted by Gasteiger charge is -2.32. The minimum atomic E-state index is -0.164. The Bertz CT molecular complexity index is 815. The molecule has 0 saturated heterocycles. The first-order valence-corrected chi connectivity index (χ1v) is 7.97. The highest BCUT2D eigenvalue weighted by Crippen LogP contribution is 2.49. The Balaban J connectivity index is 1.83. The molecule has 4 nitrogen and oxygen atoms in total. The number of anilines is 3. The third-order valence-corrected chi connectivity index (χ3v) is 4.25. The number of para-hydroxylation sites is 4. The van der Waals surface area contributed by atoms with Crippen LogP contribution in [0.15, 0.2) is 72.8 Å². The van der Waals surface area contributed by atoms with Crippen LogP contribution in [0.1, 0.15) is 11.7 Å². The lowest BCUT2D eigenvalue weighted by atomic mass is 10.1. The largest absolute Gasteiger partial charge is 0.453 e. The topological polar surface area (TPSA) is 50.5 Å². The van der Waals surface area contributed by atoms with Gasteiger partial charge in [-0.3, -0.25) is 0 Å². The molecule has 0 aromatic heterocycles. The van der Waals surface area contributed by atoms with Gasteiger partial charge in [-0.1, -0.05) is 36.4 Å². The van der Waals surface area contributed by atoms with Crippen molar-refractivity contribution in [2.24, 2.45) is 5.73 Å². The summed E-state index contributed by atoms with van der Waals surface area (Å²) in [6.45, 7) is 0. The van der Waals surface area contributed by atoms with Crippen LogP contribution in [0.3, 0.4) is 0 Å². The Morgan fingerprint density at radius 3 is 1.92 bits per heavy atom. The number of hydrogen-bond donors (Lipinski definition) is 2. The summed E-state index contributed by atoms with van der Waals surface area (Å²) in [4.78, 5) is 2.21. The van der Waals surface area contributed by atoms with Crippen molar-refractivity contribution in [1.82, 2.24) is 5.32 Å². The van der Waals surface area contributed by atoms with E-state index in [1.54, 1.807) is 0 Å². The van der Waals surface area contributed by atoms with Crippen molar-refractivity contribution in [2.75, 3.05) is 11.9 Å². The van der Waals surface area contributed by atoms with Crippen molar-refractivity contribution in [1.29, 1.82) is 0 Å². The number of ether oxygens (including phenoxy) is 1. The number of nitrogens with two attached hydrogens (primary N) is 1. The van der Waals surface area contributed by atoms with Crippen molar-refractivity contribution in [3.05, 3.63) is 78.4 Å². The SMILES string of the molecule is CNC(N)c1ccc(N2c3ccccc3Oc3ccccc32)cc1. The van der Waals surface area contributed by atoms with Gasteiger partial charge in [0.1, 0.15) is 0 Å². The summed E-state index contributed by atoms with van der Waals surface area (Å²) in [5.41, 5.74) is 10.2. The van der Waals surface area contributed by atoms with Gasteiger partial charge in [-0.2, -0.15) is 0 Å². The van der Waals surface area contributed by atoms with E-state index < -0.39 is 0 Å². The molecule has 3 aromatic rings. The molecule has 1 heterocycles. The molecule has 0 spiro atoms. The number of rotatable bonds is 3. The molecular weight excluding hydrogens is 298 g/mol. The first-order chi connectivity index (χ1) is 11.8. The van der Waals surface area contributed by atoms with Gasteiger partial charge in [0.2, 0.25) is 0 Å². The number of benzene rings is 3. The molecule has 0 aliphatic carbocycles. The summed E-state index contributed by atoms with van der Waals surface area (Å²) >= 11 is 0. The molecule has 0 amide bonds. The average Bonchev–Trinajstić information content (AvgIpc) is 2.65. The second kappa shape index (κ2) is 6.00. The van der Waals surface area contributed by atoms with Gasteiger partial charge in [-0.25, -0.2) is 0 Å². The first-order valence-electron chi connectivity index (χ1n) is 7.97. The summed E-state index contributed by atoms with van der Waals surface area (Å²) in [6.07, 6.45) is -0.164. The number of nitrogens with one attached hydrogen (secondary N) is 1. The van der Waals surface area contributed by atoms with E-state index in [1.165, 1.54) is 0 Å². The van der Waals surface area contributed by atoms with E-state index in [0.29, 0.717) is 0 Å². The van der Waals surface area contributed by atoms with Crippen molar-refractivity contribution in [2.45, 2.75) is 6.17 Å². The highest BCUT2D eigenvalue weighted by molar-refractivity contribution is 5.86. The normalized spacial score (nSPS) is 13.7. The van der Waals surface area contributed by atoms with Gasteiger partial charge < -0.3 is 20.7 Å². The molecule has 24 heavy (non-hydrogen) atoms. The Hall–Kier alpha value is -2.82. The van der Waals surface area contributed by atoms with Crippen molar-refractivity contribution in [3.63, 3.8) is 0 Å². The van der Waals surface area contributed by atoms with Crippen LogP contribution >= 0.6 is 0 Å². The van der Waals surface area contributed by atoms with Gasteiger partial charge in [0, 0.05) is 5.69 Å². The second-order valence-corrected chi connectivity index (χ2v) is 5.73. The summed E-state index contributed by atoms with van der Waals surface area (Å²) in [6, 6.07) is 24.4. The Labute approximate surface area is 141 Å². The fourth-order valence-electron chi connectivity index (χ4n) is 2.98. The van der Waals surface area contributed by atoms with E-state index in [1.807, 2.05) is 43.4 Å². The molecule has 3 N–H and O–H groups in total. The maximum Gasteiger partial charge on any atom is 0.151 e. The summed E-state index contributed by atoms with van der Waals surface area (Å²) in [5.74, 6) is 1.71. The summed E-state index contributed by atoms with van der Waals surface area (Å²) in [7, 11) is 1.85. The summed E-state index contributed by atoms with van der Waals surface area (Å²) in [5, 5.41) is 3.06. The number of fused-ring (bicyclic) bond motifs is 2. The van der Waals surface area contributed by atoms with Gasteiger partial charge in [-0.05, 0) is 49.0 Å². The van der Waals surface area contributed by atoms with E-state index in [2.05, 4.69) is 46.6 Å². The van der Waals surface area contributed by atoms with Crippen LogP contribution in [0.4, 0.5) is 17.1 Å². The molecule has 1 aliphatic heterocycles. The third kappa shape index (κ3) is 2.42. The number of hydrogen-bond acceptors (Lipinski definition) is 4. The van der Waals surface area contributed by atoms with Crippen molar-refractivity contribution < 1.29 is 4.74 Å². The maximum atomic E-state index is 6.04. The van der Waals surface area contributed by atoms with Crippen LogP contribution in [-0.4, -0.2) is 7.05 Å². The van der Waals surface area contributed by atoms with E-state index in [9.17, 15) is 0 Å². The predicted octanol–water partition coefficient (Wildman–Crippen LogP) is 4.44. The second-order valence-electron chi connectivity index (χ2n) is 5.73. The maximum absolute atomic E-state index is 6.04. The highest BCUT2D eigenvalue weighted by Gasteiger charge is 2.25. The van der Waals surface area contributed by atoms with Gasteiger partial charge in [0.25, 0.3) is 0 Å². The van der Waals surface area contributed by atoms with Crippen LogP contribution in [0.2, 0.25) is 0 Å². The standard InChI is InChI=1S/C20H19N3O/c1-22-20(21)14-10-12-15(13-11-14)23-16-6-2-4-8-18(16)24-19-9-5-3-7-17(19)23/h2-13,20,22H,21H2,1H3. The average molecular weight is 317 g/mol. The molecule has 0 bridgehead atoms. The van der Waals surface area contributed by atoms with E-state index in [0.717, 1.165) is 34.1 Å². The Morgan fingerprint density at radius 1 is 0.833 bits per heavy atom.